The SMILES string of the molecule is CCCOCCCNc1ccc(Cl)cc1N. The Morgan fingerprint density at radius 1 is 1.38 bits per heavy atom. The Kier molecular flexibility index (Phi) is 6.04. The molecule has 0 unspecified atom stereocenters. The third-order valence-corrected chi connectivity index (χ3v) is 2.38. The van der Waals surface area contributed by atoms with Crippen LogP contribution in [0.25, 0.3) is 0 Å². The van der Waals surface area contributed by atoms with Crippen molar-refractivity contribution in [3.63, 3.8) is 0 Å². The first-order valence-electron chi connectivity index (χ1n) is 5.60. The third kappa shape index (κ3) is 4.73. The van der Waals surface area contributed by atoms with Crippen molar-refractivity contribution in [3.8, 4) is 0 Å². The lowest BCUT2D eigenvalue weighted by Crippen LogP contribution is -2.07. The molecule has 90 valence electrons. The number of halogens is 1. The lowest BCUT2D eigenvalue weighted by molar-refractivity contribution is 0.134. The maximum atomic E-state index is 5.81. The molecule has 0 fully saturated rings. The molecule has 0 aliphatic carbocycles. The number of hydrogen-bond donors (Lipinski definition) is 2. The topological polar surface area (TPSA) is 47.3 Å². The van der Waals surface area contributed by atoms with Gasteiger partial charge in [0.15, 0.2) is 0 Å². The molecule has 0 heterocycles. The first kappa shape index (κ1) is 13.1. The van der Waals surface area contributed by atoms with Crippen LogP contribution in [-0.4, -0.2) is 19.8 Å². The smallest absolute Gasteiger partial charge is 0.0574 e. The minimum atomic E-state index is 0.661. The molecule has 0 saturated heterocycles. The number of benzene rings is 1. The Morgan fingerprint density at radius 3 is 2.88 bits per heavy atom. The molecule has 0 spiro atoms. The van der Waals surface area contributed by atoms with Gasteiger partial charge in [0.1, 0.15) is 0 Å². The molecular weight excluding hydrogens is 224 g/mol. The summed E-state index contributed by atoms with van der Waals surface area (Å²) in [5, 5.41) is 3.91. The Balaban J connectivity index is 2.21. The van der Waals surface area contributed by atoms with Crippen molar-refractivity contribution in [2.45, 2.75) is 19.8 Å². The molecule has 0 saturated carbocycles. The van der Waals surface area contributed by atoms with E-state index in [1.165, 1.54) is 0 Å². The van der Waals surface area contributed by atoms with E-state index >= 15 is 0 Å². The molecule has 1 aromatic carbocycles. The van der Waals surface area contributed by atoms with E-state index in [4.69, 9.17) is 22.1 Å². The molecule has 0 atom stereocenters. The van der Waals surface area contributed by atoms with E-state index in [-0.39, 0.29) is 0 Å². The van der Waals surface area contributed by atoms with E-state index in [9.17, 15) is 0 Å². The summed E-state index contributed by atoms with van der Waals surface area (Å²) in [6.07, 6.45) is 2.04. The second kappa shape index (κ2) is 7.36. The average Bonchev–Trinajstić information content (AvgIpc) is 2.26. The number of anilines is 2. The van der Waals surface area contributed by atoms with E-state index in [1.807, 2.05) is 12.1 Å². The number of hydrogen-bond acceptors (Lipinski definition) is 3. The van der Waals surface area contributed by atoms with E-state index in [0.29, 0.717) is 10.7 Å². The maximum absolute atomic E-state index is 5.81. The largest absolute Gasteiger partial charge is 0.397 e. The van der Waals surface area contributed by atoms with Gasteiger partial charge in [-0.2, -0.15) is 0 Å². The number of ether oxygens (including phenoxy) is 1. The fraction of sp³-hybridized carbons (Fsp3) is 0.500. The van der Waals surface area contributed by atoms with E-state index in [1.54, 1.807) is 6.07 Å². The molecule has 1 rings (SSSR count). The Morgan fingerprint density at radius 2 is 2.19 bits per heavy atom. The van der Waals surface area contributed by atoms with Crippen molar-refractivity contribution in [1.82, 2.24) is 0 Å². The number of nitrogens with two attached hydrogens (primary N) is 1. The van der Waals surface area contributed by atoms with Gasteiger partial charge in [-0.3, -0.25) is 0 Å². The second-order valence-electron chi connectivity index (χ2n) is 3.62. The molecule has 0 aliphatic heterocycles. The van der Waals surface area contributed by atoms with Crippen LogP contribution in [0, 0.1) is 0 Å². The van der Waals surface area contributed by atoms with Gasteiger partial charge in [-0.05, 0) is 31.0 Å². The van der Waals surface area contributed by atoms with Gasteiger partial charge in [-0.15, -0.1) is 0 Å². The van der Waals surface area contributed by atoms with Crippen LogP contribution in [0.1, 0.15) is 19.8 Å². The Bertz CT molecular complexity index is 318. The van der Waals surface area contributed by atoms with Crippen molar-refractivity contribution in [2.75, 3.05) is 30.8 Å². The summed E-state index contributed by atoms with van der Waals surface area (Å²) in [7, 11) is 0. The van der Waals surface area contributed by atoms with Crippen molar-refractivity contribution in [2.24, 2.45) is 0 Å². The predicted molar refractivity (Wildman–Crippen MR) is 70.1 cm³/mol. The number of rotatable bonds is 7. The Hall–Kier alpha value is -0.930. The number of nitrogen functional groups attached to an aromatic ring is 1. The first-order valence-corrected chi connectivity index (χ1v) is 5.98. The van der Waals surface area contributed by atoms with E-state index < -0.39 is 0 Å². The molecule has 3 nitrogen and oxygen atoms in total. The van der Waals surface area contributed by atoms with Gasteiger partial charge in [0.2, 0.25) is 0 Å². The molecule has 0 aliphatic rings. The highest BCUT2D eigenvalue weighted by Crippen LogP contribution is 2.22. The summed E-state index contributed by atoms with van der Waals surface area (Å²) >= 11 is 5.81. The van der Waals surface area contributed by atoms with Crippen LogP contribution in [0.15, 0.2) is 18.2 Å². The van der Waals surface area contributed by atoms with Gasteiger partial charge in [0.05, 0.1) is 11.4 Å². The van der Waals surface area contributed by atoms with Crippen molar-refractivity contribution < 1.29 is 4.74 Å². The third-order valence-electron chi connectivity index (χ3n) is 2.14. The molecule has 16 heavy (non-hydrogen) atoms. The summed E-state index contributed by atoms with van der Waals surface area (Å²) in [6, 6.07) is 5.47. The fourth-order valence-electron chi connectivity index (χ4n) is 1.34. The zero-order chi connectivity index (χ0) is 11.8. The van der Waals surface area contributed by atoms with Crippen LogP contribution in [0.3, 0.4) is 0 Å². The zero-order valence-corrected chi connectivity index (χ0v) is 10.4. The maximum Gasteiger partial charge on any atom is 0.0574 e. The summed E-state index contributed by atoms with van der Waals surface area (Å²) in [5.74, 6) is 0. The summed E-state index contributed by atoms with van der Waals surface area (Å²) < 4.78 is 5.38. The fourth-order valence-corrected chi connectivity index (χ4v) is 1.52. The van der Waals surface area contributed by atoms with Crippen LogP contribution in [0.2, 0.25) is 5.02 Å². The van der Waals surface area contributed by atoms with Gasteiger partial charge in [-0.25, -0.2) is 0 Å². The first-order chi connectivity index (χ1) is 7.74. The minimum Gasteiger partial charge on any atom is -0.397 e. The molecule has 4 heteroatoms. The lowest BCUT2D eigenvalue weighted by Gasteiger charge is -2.09. The normalized spacial score (nSPS) is 10.4. The molecule has 0 bridgehead atoms. The van der Waals surface area contributed by atoms with Crippen LogP contribution >= 0.6 is 11.6 Å². The molecule has 0 aromatic heterocycles. The quantitative estimate of drug-likeness (QED) is 0.570. The van der Waals surface area contributed by atoms with Crippen LogP contribution < -0.4 is 11.1 Å². The highest BCUT2D eigenvalue weighted by atomic mass is 35.5. The van der Waals surface area contributed by atoms with Gasteiger partial charge in [0.25, 0.3) is 0 Å². The molecule has 3 N–H and O–H groups in total. The Labute approximate surface area is 102 Å². The molecular formula is C12H19ClN2O. The standard InChI is InChI=1S/C12H19ClN2O/c1-2-7-16-8-3-6-15-12-5-4-10(13)9-11(12)14/h4-5,9,15H,2-3,6-8,14H2,1H3. The van der Waals surface area contributed by atoms with Crippen LogP contribution in [0.4, 0.5) is 11.4 Å². The van der Waals surface area contributed by atoms with Gasteiger partial charge >= 0.3 is 0 Å². The van der Waals surface area contributed by atoms with Crippen LogP contribution in [0.5, 0.6) is 0 Å². The summed E-state index contributed by atoms with van der Waals surface area (Å²) in [4.78, 5) is 0. The summed E-state index contributed by atoms with van der Waals surface area (Å²) in [6.45, 7) is 4.58. The lowest BCUT2D eigenvalue weighted by atomic mass is 10.2. The van der Waals surface area contributed by atoms with E-state index in [2.05, 4.69) is 12.2 Å². The van der Waals surface area contributed by atoms with Crippen molar-refractivity contribution in [3.05, 3.63) is 23.2 Å². The van der Waals surface area contributed by atoms with Crippen molar-refractivity contribution >= 4 is 23.0 Å². The molecule has 0 amide bonds. The van der Waals surface area contributed by atoms with E-state index in [0.717, 1.165) is 38.3 Å². The predicted octanol–water partition coefficient (Wildman–Crippen LogP) is 3.15. The average molecular weight is 243 g/mol. The van der Waals surface area contributed by atoms with Gasteiger partial charge in [0, 0.05) is 24.8 Å². The highest BCUT2D eigenvalue weighted by molar-refractivity contribution is 6.31. The molecule has 0 radical (unpaired) electrons. The summed E-state index contributed by atoms with van der Waals surface area (Å²) in [5.41, 5.74) is 7.42. The monoisotopic (exact) mass is 242 g/mol. The van der Waals surface area contributed by atoms with Crippen molar-refractivity contribution in [1.29, 1.82) is 0 Å². The zero-order valence-electron chi connectivity index (χ0n) is 9.63. The van der Waals surface area contributed by atoms with Crippen LogP contribution in [-0.2, 0) is 4.74 Å². The van der Waals surface area contributed by atoms with Gasteiger partial charge < -0.3 is 15.8 Å². The number of nitrogens with one attached hydrogen (secondary N) is 1. The highest BCUT2D eigenvalue weighted by Gasteiger charge is 1.98. The van der Waals surface area contributed by atoms with Gasteiger partial charge in [-0.1, -0.05) is 18.5 Å². The minimum absolute atomic E-state index is 0.661. The molecule has 1 aromatic rings. The second-order valence-corrected chi connectivity index (χ2v) is 4.06.